The molecule has 1 heterocycles. The van der Waals surface area contributed by atoms with Crippen molar-refractivity contribution < 1.29 is 18.7 Å². The molecule has 6 nitrogen and oxygen atoms in total. The Kier molecular flexibility index (Phi) is 4.59. The molecule has 0 radical (unpaired) electrons. The summed E-state index contributed by atoms with van der Waals surface area (Å²) < 4.78 is 18.8. The van der Waals surface area contributed by atoms with Crippen LogP contribution in [0.3, 0.4) is 0 Å². The number of hydrogen-bond acceptors (Lipinski definition) is 4. The van der Waals surface area contributed by atoms with Crippen LogP contribution in [0.25, 0.3) is 10.9 Å². The van der Waals surface area contributed by atoms with Gasteiger partial charge in [-0.1, -0.05) is 29.8 Å². The minimum atomic E-state index is -0.599. The second kappa shape index (κ2) is 7.20. The fourth-order valence-electron chi connectivity index (χ4n) is 4.61. The van der Waals surface area contributed by atoms with Crippen molar-refractivity contribution in [3.63, 3.8) is 0 Å². The van der Waals surface area contributed by atoms with Gasteiger partial charge in [0.15, 0.2) is 6.61 Å². The zero-order valence-corrected chi connectivity index (χ0v) is 17.2. The molecule has 6 rings (SSSR count). The molecule has 3 aromatic rings. The van der Waals surface area contributed by atoms with E-state index in [0.717, 1.165) is 17.0 Å². The highest BCUT2D eigenvalue weighted by Crippen LogP contribution is 2.60. The minimum Gasteiger partial charge on any atom is -0.484 e. The van der Waals surface area contributed by atoms with Gasteiger partial charge in [-0.15, -0.1) is 0 Å². The molecule has 2 amide bonds. The predicted molar refractivity (Wildman–Crippen MR) is 114 cm³/mol. The molecule has 3 fully saturated rings. The van der Waals surface area contributed by atoms with Crippen LogP contribution < -0.4 is 15.4 Å². The molecular weight excluding hydrogens is 421 g/mol. The third-order valence-electron chi connectivity index (χ3n) is 5.93. The van der Waals surface area contributed by atoms with E-state index in [-0.39, 0.29) is 40.3 Å². The van der Waals surface area contributed by atoms with Gasteiger partial charge in [0.1, 0.15) is 11.6 Å². The van der Waals surface area contributed by atoms with Crippen molar-refractivity contribution in [2.45, 2.75) is 30.3 Å². The zero-order valence-electron chi connectivity index (χ0n) is 16.5. The van der Waals surface area contributed by atoms with E-state index >= 15 is 0 Å². The van der Waals surface area contributed by atoms with E-state index in [1.807, 2.05) is 30.3 Å². The van der Waals surface area contributed by atoms with Crippen LogP contribution in [0.1, 0.15) is 29.6 Å². The van der Waals surface area contributed by atoms with Crippen LogP contribution in [-0.4, -0.2) is 34.5 Å². The lowest BCUT2D eigenvalue weighted by Crippen LogP contribution is -2.84. The second-order valence-corrected chi connectivity index (χ2v) is 8.78. The van der Waals surface area contributed by atoms with E-state index in [1.54, 1.807) is 6.20 Å². The monoisotopic (exact) mass is 439 g/mol. The fraction of sp³-hybridized carbons (Fsp3) is 0.261. The van der Waals surface area contributed by atoms with Gasteiger partial charge in [-0.25, -0.2) is 4.39 Å². The number of halogens is 2. The van der Waals surface area contributed by atoms with E-state index in [9.17, 15) is 14.0 Å². The van der Waals surface area contributed by atoms with Gasteiger partial charge in [-0.3, -0.25) is 14.6 Å². The molecule has 3 aliphatic carbocycles. The van der Waals surface area contributed by atoms with Crippen molar-refractivity contribution in [1.82, 2.24) is 15.6 Å². The van der Waals surface area contributed by atoms with E-state index in [0.29, 0.717) is 24.8 Å². The highest BCUT2D eigenvalue weighted by Gasteiger charge is 2.69. The number of hydrogen-bond donors (Lipinski definition) is 2. The van der Waals surface area contributed by atoms with Crippen molar-refractivity contribution >= 4 is 34.3 Å². The predicted octanol–water partition coefficient (Wildman–Crippen LogP) is 3.63. The topological polar surface area (TPSA) is 80.3 Å². The maximum absolute atomic E-state index is 13.4. The highest BCUT2D eigenvalue weighted by atomic mass is 35.5. The Hall–Kier alpha value is -3.19. The summed E-state index contributed by atoms with van der Waals surface area (Å²) in [6.07, 6.45) is 3.60. The van der Waals surface area contributed by atoms with Gasteiger partial charge in [0.05, 0.1) is 16.1 Å². The molecule has 3 saturated carbocycles. The fourth-order valence-corrected chi connectivity index (χ4v) is 4.73. The van der Waals surface area contributed by atoms with Crippen molar-refractivity contribution in [3.8, 4) is 5.75 Å². The molecule has 8 heteroatoms. The smallest absolute Gasteiger partial charge is 0.258 e. The number of rotatable bonds is 6. The molecule has 0 aliphatic heterocycles. The van der Waals surface area contributed by atoms with Gasteiger partial charge in [-0.2, -0.15) is 0 Å². The molecular formula is C23H19ClFN3O3. The van der Waals surface area contributed by atoms with Crippen molar-refractivity contribution in [2.24, 2.45) is 0 Å². The normalized spacial score (nSPS) is 23.4. The molecule has 1 aromatic heterocycles. The number of fused-ring (bicyclic) bond motifs is 1. The van der Waals surface area contributed by atoms with Crippen molar-refractivity contribution in [1.29, 1.82) is 0 Å². The number of amides is 2. The Morgan fingerprint density at radius 1 is 1.06 bits per heavy atom. The number of nitrogens with one attached hydrogen (secondary N) is 2. The maximum Gasteiger partial charge on any atom is 0.258 e. The summed E-state index contributed by atoms with van der Waals surface area (Å²) in [4.78, 5) is 29.2. The maximum atomic E-state index is 13.4. The highest BCUT2D eigenvalue weighted by molar-refractivity contribution is 6.30. The van der Waals surface area contributed by atoms with Crippen molar-refractivity contribution in [3.05, 3.63) is 71.1 Å². The first-order valence-corrected chi connectivity index (χ1v) is 10.3. The number of para-hydroxylation sites is 1. The average molecular weight is 440 g/mol. The number of ether oxygens (including phenoxy) is 1. The van der Waals surface area contributed by atoms with Gasteiger partial charge < -0.3 is 15.4 Å². The largest absolute Gasteiger partial charge is 0.484 e. The van der Waals surface area contributed by atoms with Gasteiger partial charge >= 0.3 is 0 Å². The van der Waals surface area contributed by atoms with Gasteiger partial charge in [0, 0.05) is 28.7 Å². The second-order valence-electron chi connectivity index (χ2n) is 8.37. The van der Waals surface area contributed by atoms with E-state index in [1.165, 1.54) is 12.1 Å². The Morgan fingerprint density at radius 2 is 1.81 bits per heavy atom. The van der Waals surface area contributed by atoms with Gasteiger partial charge in [0.25, 0.3) is 11.8 Å². The summed E-state index contributed by atoms with van der Waals surface area (Å²) >= 11 is 5.63. The lowest BCUT2D eigenvalue weighted by molar-refractivity contribution is -0.141. The lowest BCUT2D eigenvalue weighted by atomic mass is 9.44. The molecule has 0 saturated heterocycles. The Bertz CT molecular complexity index is 1200. The van der Waals surface area contributed by atoms with Gasteiger partial charge in [-0.05, 0) is 43.5 Å². The number of carbonyl (C=O) groups excluding carboxylic acids is 2. The molecule has 3 aliphatic rings. The number of benzene rings is 2. The lowest BCUT2D eigenvalue weighted by Gasteiger charge is -2.70. The summed E-state index contributed by atoms with van der Waals surface area (Å²) in [6.45, 7) is -0.217. The molecule has 2 N–H and O–H groups in total. The van der Waals surface area contributed by atoms with Crippen LogP contribution in [0.5, 0.6) is 5.75 Å². The first kappa shape index (κ1) is 19.8. The number of carbonyl (C=O) groups is 2. The molecule has 2 bridgehead atoms. The molecule has 0 atom stereocenters. The van der Waals surface area contributed by atoms with Gasteiger partial charge in [0.2, 0.25) is 0 Å². The minimum absolute atomic E-state index is 0.00233. The summed E-state index contributed by atoms with van der Waals surface area (Å²) in [7, 11) is 0. The third-order valence-corrected chi connectivity index (χ3v) is 6.23. The summed E-state index contributed by atoms with van der Waals surface area (Å²) in [5.41, 5.74) is 0.774. The Labute approximate surface area is 182 Å². The van der Waals surface area contributed by atoms with Crippen LogP contribution >= 0.6 is 11.6 Å². The molecule has 2 aromatic carbocycles. The molecule has 158 valence electrons. The van der Waals surface area contributed by atoms with Crippen LogP contribution in [0.2, 0.25) is 5.02 Å². The van der Waals surface area contributed by atoms with E-state index in [4.69, 9.17) is 16.3 Å². The van der Waals surface area contributed by atoms with Crippen LogP contribution in [0.4, 0.5) is 4.39 Å². The summed E-state index contributed by atoms with van der Waals surface area (Å²) in [5.74, 6) is -0.805. The molecule has 0 spiro atoms. The first-order chi connectivity index (χ1) is 14.9. The Balaban J connectivity index is 1.12. The third kappa shape index (κ3) is 3.70. The average Bonchev–Trinajstić information content (AvgIpc) is 2.71. The quantitative estimate of drug-likeness (QED) is 0.614. The van der Waals surface area contributed by atoms with Crippen molar-refractivity contribution in [2.75, 3.05) is 6.61 Å². The van der Waals surface area contributed by atoms with Crippen LogP contribution in [0, 0.1) is 5.82 Å². The summed E-state index contributed by atoms with van der Waals surface area (Å²) in [5, 5.41) is 6.97. The SMILES string of the molecule is O=C(COc1ccc(Cl)c(F)c1)NC12CC(NC(=O)c3cnc4ccccc4c3)(C1)C2. The standard InChI is InChI=1S/C23H19ClFN3O3/c24-17-6-5-16(8-18(17)25)31-10-20(29)27-22-11-23(12-22,13-22)28-21(30)15-7-14-3-1-2-4-19(14)26-9-15/h1-9H,10-13H2,(H,27,29)(H,28,30). The first-order valence-electron chi connectivity index (χ1n) is 9.92. The van der Waals surface area contributed by atoms with E-state index in [2.05, 4.69) is 15.6 Å². The zero-order chi connectivity index (χ0) is 21.6. The van der Waals surface area contributed by atoms with E-state index < -0.39 is 5.82 Å². The number of pyridine rings is 1. The van der Waals surface area contributed by atoms with Crippen LogP contribution in [-0.2, 0) is 4.79 Å². The Morgan fingerprint density at radius 3 is 2.58 bits per heavy atom. The molecule has 31 heavy (non-hydrogen) atoms. The summed E-state index contributed by atoms with van der Waals surface area (Å²) in [6, 6.07) is 13.5. The number of nitrogens with zero attached hydrogens (tertiary/aromatic N) is 1. The van der Waals surface area contributed by atoms with Crippen LogP contribution in [0.15, 0.2) is 54.7 Å². The molecule has 0 unspecified atom stereocenters. The number of aromatic nitrogens is 1.